The maximum atomic E-state index is 13.1. The highest BCUT2D eigenvalue weighted by atomic mass is 35.5. The van der Waals surface area contributed by atoms with Crippen LogP contribution in [0.4, 0.5) is 5.69 Å². The lowest BCUT2D eigenvalue weighted by Crippen LogP contribution is -2.45. The van der Waals surface area contributed by atoms with Gasteiger partial charge in [-0.2, -0.15) is 0 Å². The summed E-state index contributed by atoms with van der Waals surface area (Å²) in [6, 6.07) is 10.1. The van der Waals surface area contributed by atoms with Gasteiger partial charge in [0.2, 0.25) is 15.9 Å². The zero-order chi connectivity index (χ0) is 31.3. The number of amides is 1. The number of carbonyl (C=O) groups is 3. The SMILES string of the molecule is COc1ccc2nccc([C@@H](O)CN3CCC(NS(=O)(=O)c4cc5c(cc4Cl)SCC(=O)N5)CC3)c2c1.O=C(O)C(=O)O. The zero-order valence-corrected chi connectivity index (χ0v) is 25.2. The van der Waals surface area contributed by atoms with E-state index < -0.39 is 28.1 Å². The summed E-state index contributed by atoms with van der Waals surface area (Å²) >= 11 is 7.63. The molecule has 1 saturated heterocycles. The second-order valence-electron chi connectivity index (χ2n) is 9.72. The molecular formula is C27H29ClN4O9S2. The minimum atomic E-state index is -3.89. The molecule has 0 saturated carbocycles. The monoisotopic (exact) mass is 652 g/mol. The van der Waals surface area contributed by atoms with E-state index in [9.17, 15) is 18.3 Å². The summed E-state index contributed by atoms with van der Waals surface area (Å²) in [7, 11) is -2.29. The van der Waals surface area contributed by atoms with Gasteiger partial charge in [-0.3, -0.25) is 9.78 Å². The summed E-state index contributed by atoms with van der Waals surface area (Å²) in [5.41, 5.74) is 2.01. The van der Waals surface area contributed by atoms with Crippen molar-refractivity contribution in [1.82, 2.24) is 14.6 Å². The normalized spacial score (nSPS) is 16.4. The number of aliphatic hydroxyl groups excluding tert-OH is 1. The standard InChI is InChI=1S/C25H27ClN4O5S2.C2H2O4/c1-35-16-2-3-20-18(10-16)17(4-7-27-20)22(31)13-30-8-5-15(6-9-30)29-37(33,34)24-12-21-23(11-19(24)26)36-14-25(32)28-21;3-1(4)2(5)6/h2-4,7,10-12,15,22,29,31H,5-6,8-9,13-14H2,1H3,(H,28,32);(H,3,4)(H,5,6)/t22-;/m0./s1. The van der Waals surface area contributed by atoms with Gasteiger partial charge >= 0.3 is 11.9 Å². The number of aliphatic carboxylic acids is 2. The molecular weight excluding hydrogens is 624 g/mol. The van der Waals surface area contributed by atoms with Gasteiger partial charge in [0.15, 0.2) is 0 Å². The second kappa shape index (κ2) is 13.9. The van der Waals surface area contributed by atoms with Crippen LogP contribution in [0.1, 0.15) is 24.5 Å². The number of nitrogens with one attached hydrogen (secondary N) is 2. The fourth-order valence-corrected chi connectivity index (χ4v) is 7.46. The minimum Gasteiger partial charge on any atom is -0.497 e. The number of benzene rings is 2. The average Bonchev–Trinajstić information content (AvgIpc) is 2.97. The van der Waals surface area contributed by atoms with Crippen LogP contribution in [0.15, 0.2) is 52.4 Å². The maximum Gasteiger partial charge on any atom is 0.414 e. The van der Waals surface area contributed by atoms with Gasteiger partial charge in [0.1, 0.15) is 10.6 Å². The number of nitrogens with zero attached hydrogens (tertiary/aromatic N) is 2. The number of carboxylic acids is 2. The van der Waals surface area contributed by atoms with E-state index in [1.54, 1.807) is 19.4 Å². The number of likely N-dealkylation sites (tertiary alicyclic amines) is 1. The van der Waals surface area contributed by atoms with Crippen molar-refractivity contribution in [3.8, 4) is 5.75 Å². The molecule has 1 atom stereocenters. The van der Waals surface area contributed by atoms with E-state index >= 15 is 0 Å². The first kappa shape index (κ1) is 32.4. The van der Waals surface area contributed by atoms with E-state index in [0.717, 1.165) is 21.4 Å². The number of pyridine rings is 1. The first-order valence-corrected chi connectivity index (χ1v) is 15.8. The Labute approximate surface area is 256 Å². The van der Waals surface area contributed by atoms with E-state index in [0.29, 0.717) is 43.9 Å². The van der Waals surface area contributed by atoms with E-state index in [-0.39, 0.29) is 27.6 Å². The molecule has 0 aliphatic carbocycles. The third-order valence-corrected chi connectivity index (χ3v) is 9.86. The van der Waals surface area contributed by atoms with Crippen molar-refractivity contribution in [2.75, 3.05) is 37.8 Å². The molecule has 3 heterocycles. The van der Waals surface area contributed by atoms with Crippen LogP contribution in [-0.2, 0) is 24.4 Å². The van der Waals surface area contributed by atoms with Gasteiger partial charge in [-0.1, -0.05) is 11.6 Å². The number of fused-ring (bicyclic) bond motifs is 2. The van der Waals surface area contributed by atoms with Crippen LogP contribution in [0, 0.1) is 0 Å². The highest BCUT2D eigenvalue weighted by molar-refractivity contribution is 8.00. The third kappa shape index (κ3) is 8.13. The molecule has 16 heteroatoms. The number of hydrogen-bond donors (Lipinski definition) is 5. The van der Waals surface area contributed by atoms with Crippen molar-refractivity contribution in [2.45, 2.75) is 34.8 Å². The lowest BCUT2D eigenvalue weighted by atomic mass is 10.0. The Bertz CT molecular complexity index is 1630. The molecule has 230 valence electrons. The molecule has 5 rings (SSSR count). The number of carboxylic acid groups (broad SMARTS) is 2. The molecule has 2 aliphatic heterocycles. The molecule has 2 aromatic carbocycles. The Balaban J connectivity index is 0.000000641. The number of methoxy groups -OCH3 is 1. The molecule has 1 aromatic heterocycles. The van der Waals surface area contributed by atoms with E-state index in [2.05, 4.69) is 19.9 Å². The van der Waals surface area contributed by atoms with Crippen molar-refractivity contribution in [3.05, 3.63) is 53.2 Å². The Morgan fingerprint density at radius 1 is 1.19 bits per heavy atom. The smallest absolute Gasteiger partial charge is 0.414 e. The largest absolute Gasteiger partial charge is 0.497 e. The lowest BCUT2D eigenvalue weighted by molar-refractivity contribution is -0.159. The van der Waals surface area contributed by atoms with Crippen LogP contribution in [0.3, 0.4) is 0 Å². The van der Waals surface area contributed by atoms with Gasteiger partial charge in [0.05, 0.1) is 35.2 Å². The van der Waals surface area contributed by atoms with Gasteiger partial charge in [0, 0.05) is 29.1 Å². The molecule has 0 radical (unpaired) electrons. The Morgan fingerprint density at radius 3 is 2.53 bits per heavy atom. The summed E-state index contributed by atoms with van der Waals surface area (Å²) < 4.78 is 34.3. The van der Waals surface area contributed by atoms with E-state index in [4.69, 9.17) is 36.1 Å². The minimum absolute atomic E-state index is 0.0476. The predicted octanol–water partition coefficient (Wildman–Crippen LogP) is 2.57. The molecule has 2 aliphatic rings. The van der Waals surface area contributed by atoms with Crippen molar-refractivity contribution < 1.29 is 42.9 Å². The lowest BCUT2D eigenvalue weighted by Gasteiger charge is -2.33. The number of β-amino-alcohol motifs (C(OH)–C–C–N with tert-alkyl or cyclic N) is 1. The van der Waals surface area contributed by atoms with Crippen LogP contribution >= 0.6 is 23.4 Å². The number of carbonyl (C=O) groups excluding carboxylic acids is 1. The number of sulfonamides is 1. The third-order valence-electron chi connectivity index (χ3n) is 6.82. The molecule has 3 aromatic rings. The van der Waals surface area contributed by atoms with Crippen molar-refractivity contribution >= 4 is 67.8 Å². The van der Waals surface area contributed by atoms with E-state index in [1.807, 2.05) is 24.3 Å². The van der Waals surface area contributed by atoms with Gasteiger partial charge < -0.3 is 30.3 Å². The zero-order valence-electron chi connectivity index (χ0n) is 22.8. The number of ether oxygens (including phenoxy) is 1. The average molecular weight is 653 g/mol. The van der Waals surface area contributed by atoms with Crippen LogP contribution in [0.25, 0.3) is 10.9 Å². The molecule has 43 heavy (non-hydrogen) atoms. The van der Waals surface area contributed by atoms with Crippen molar-refractivity contribution in [1.29, 1.82) is 0 Å². The highest BCUT2D eigenvalue weighted by Gasteiger charge is 2.29. The second-order valence-corrected chi connectivity index (χ2v) is 12.8. The van der Waals surface area contributed by atoms with Gasteiger partial charge in [-0.25, -0.2) is 22.7 Å². The summed E-state index contributed by atoms with van der Waals surface area (Å²) in [6.45, 7) is 1.67. The number of aliphatic hydroxyl groups is 1. The first-order chi connectivity index (χ1) is 20.4. The van der Waals surface area contributed by atoms with Gasteiger partial charge in [-0.15, -0.1) is 11.8 Å². The van der Waals surface area contributed by atoms with Crippen LogP contribution in [-0.4, -0.2) is 90.0 Å². The molecule has 0 bridgehead atoms. The Morgan fingerprint density at radius 2 is 1.88 bits per heavy atom. The highest BCUT2D eigenvalue weighted by Crippen LogP contribution is 2.37. The predicted molar refractivity (Wildman–Crippen MR) is 159 cm³/mol. The van der Waals surface area contributed by atoms with Crippen LogP contribution < -0.4 is 14.8 Å². The number of halogens is 1. The Hall–Kier alpha value is -3.47. The quantitative estimate of drug-likeness (QED) is 0.234. The van der Waals surface area contributed by atoms with Crippen molar-refractivity contribution in [3.63, 3.8) is 0 Å². The molecule has 5 N–H and O–H groups in total. The number of aromatic nitrogens is 1. The number of hydrogen-bond acceptors (Lipinski definition) is 10. The summed E-state index contributed by atoms with van der Waals surface area (Å²) in [6.07, 6.45) is 2.13. The molecule has 1 amide bonds. The topological polar surface area (TPSA) is 195 Å². The maximum absolute atomic E-state index is 13.1. The van der Waals surface area contributed by atoms with Crippen molar-refractivity contribution in [2.24, 2.45) is 0 Å². The van der Waals surface area contributed by atoms with Gasteiger partial charge in [0.25, 0.3) is 0 Å². The summed E-state index contributed by atoms with van der Waals surface area (Å²) in [5, 5.41) is 29.5. The van der Waals surface area contributed by atoms with E-state index in [1.165, 1.54) is 17.8 Å². The molecule has 13 nitrogen and oxygen atoms in total. The summed E-state index contributed by atoms with van der Waals surface area (Å²) in [4.78, 5) is 37.1. The first-order valence-electron chi connectivity index (χ1n) is 13.0. The fraction of sp³-hybridized carbons (Fsp3) is 0.333. The van der Waals surface area contributed by atoms with Crippen LogP contribution in [0.5, 0.6) is 5.75 Å². The Kier molecular flexibility index (Phi) is 10.5. The molecule has 0 spiro atoms. The molecule has 0 unspecified atom stereocenters. The fourth-order valence-electron chi connectivity index (χ4n) is 4.71. The molecule has 1 fully saturated rings. The summed E-state index contributed by atoms with van der Waals surface area (Å²) in [5.74, 6) is -2.86. The number of thioether (sulfide) groups is 1. The number of rotatable bonds is 7. The number of piperidine rings is 1. The van der Waals surface area contributed by atoms with Gasteiger partial charge in [-0.05, 0) is 67.9 Å². The number of anilines is 1. The van der Waals surface area contributed by atoms with Crippen LogP contribution in [0.2, 0.25) is 5.02 Å².